The van der Waals surface area contributed by atoms with Gasteiger partial charge in [0, 0.05) is 11.1 Å². The first-order valence-electron chi connectivity index (χ1n) is 6.05. The number of carbonyl (C=O) groups is 1. The SMILES string of the molecule is CC(C)(C)NC(=S)NNC(=O)c1ccc(C(F)(F)F)cc1. The van der Waals surface area contributed by atoms with E-state index in [1.54, 1.807) is 0 Å². The van der Waals surface area contributed by atoms with Crippen molar-refractivity contribution >= 4 is 23.2 Å². The second-order valence-electron chi connectivity index (χ2n) is 5.36. The van der Waals surface area contributed by atoms with Crippen molar-refractivity contribution in [1.82, 2.24) is 16.2 Å². The Kier molecular flexibility index (Phi) is 5.16. The molecule has 3 N–H and O–H groups in total. The predicted molar refractivity (Wildman–Crippen MR) is 77.5 cm³/mol. The minimum absolute atomic E-state index is 0.0917. The zero-order valence-corrected chi connectivity index (χ0v) is 12.6. The Morgan fingerprint density at radius 3 is 2.00 bits per heavy atom. The van der Waals surface area contributed by atoms with E-state index in [1.807, 2.05) is 20.8 Å². The third-order valence-corrected chi connectivity index (χ3v) is 2.46. The van der Waals surface area contributed by atoms with Gasteiger partial charge in [-0.15, -0.1) is 0 Å². The van der Waals surface area contributed by atoms with E-state index in [4.69, 9.17) is 12.2 Å². The van der Waals surface area contributed by atoms with Gasteiger partial charge in [-0.05, 0) is 57.3 Å². The van der Waals surface area contributed by atoms with Crippen LogP contribution in [0.2, 0.25) is 0 Å². The molecule has 0 unspecified atom stereocenters. The van der Waals surface area contributed by atoms with Crippen LogP contribution in [0.3, 0.4) is 0 Å². The summed E-state index contributed by atoms with van der Waals surface area (Å²) in [6, 6.07) is 3.89. The van der Waals surface area contributed by atoms with Gasteiger partial charge in [0.25, 0.3) is 5.91 Å². The number of alkyl halides is 3. The number of halogens is 3. The number of thiocarbonyl (C=S) groups is 1. The summed E-state index contributed by atoms with van der Waals surface area (Å²) in [5, 5.41) is 3.12. The van der Waals surface area contributed by atoms with Crippen molar-refractivity contribution in [3.05, 3.63) is 35.4 Å². The molecule has 8 heteroatoms. The summed E-state index contributed by atoms with van der Waals surface area (Å²) >= 11 is 4.95. The highest BCUT2D eigenvalue weighted by Gasteiger charge is 2.30. The Morgan fingerprint density at radius 1 is 1.05 bits per heavy atom. The number of hydrazine groups is 1. The molecule has 0 saturated heterocycles. The number of rotatable bonds is 1. The molecule has 0 saturated carbocycles. The average molecular weight is 319 g/mol. The maximum Gasteiger partial charge on any atom is 0.416 e. The molecule has 0 fully saturated rings. The van der Waals surface area contributed by atoms with Gasteiger partial charge in [-0.3, -0.25) is 15.6 Å². The van der Waals surface area contributed by atoms with E-state index in [0.717, 1.165) is 24.3 Å². The van der Waals surface area contributed by atoms with Crippen molar-refractivity contribution in [3.8, 4) is 0 Å². The molecular formula is C13H16F3N3OS. The summed E-state index contributed by atoms with van der Waals surface area (Å²) in [6.07, 6.45) is -4.43. The van der Waals surface area contributed by atoms with Gasteiger partial charge in [0.05, 0.1) is 5.56 Å². The zero-order chi connectivity index (χ0) is 16.3. The minimum atomic E-state index is -4.43. The molecule has 1 rings (SSSR count). The minimum Gasteiger partial charge on any atom is -0.357 e. The number of hydrogen-bond acceptors (Lipinski definition) is 2. The Bertz CT molecular complexity index is 521. The van der Waals surface area contributed by atoms with Gasteiger partial charge >= 0.3 is 6.18 Å². The lowest BCUT2D eigenvalue weighted by molar-refractivity contribution is -0.137. The molecule has 0 spiro atoms. The van der Waals surface area contributed by atoms with Crippen LogP contribution in [-0.4, -0.2) is 16.6 Å². The molecule has 0 aliphatic carbocycles. The molecule has 116 valence electrons. The molecule has 4 nitrogen and oxygen atoms in total. The van der Waals surface area contributed by atoms with Gasteiger partial charge in [0.2, 0.25) is 0 Å². The van der Waals surface area contributed by atoms with Crippen LogP contribution < -0.4 is 16.2 Å². The van der Waals surface area contributed by atoms with Crippen LogP contribution in [0.4, 0.5) is 13.2 Å². The third kappa shape index (κ3) is 5.99. The average Bonchev–Trinajstić information content (AvgIpc) is 2.33. The fraction of sp³-hybridized carbons (Fsp3) is 0.385. The topological polar surface area (TPSA) is 53.2 Å². The lowest BCUT2D eigenvalue weighted by Gasteiger charge is -2.23. The summed E-state index contributed by atoms with van der Waals surface area (Å²) in [7, 11) is 0. The largest absolute Gasteiger partial charge is 0.416 e. The first-order valence-corrected chi connectivity index (χ1v) is 6.45. The summed E-state index contributed by atoms with van der Waals surface area (Å²) in [5.74, 6) is -0.582. The lowest BCUT2D eigenvalue weighted by atomic mass is 10.1. The van der Waals surface area contributed by atoms with Crippen molar-refractivity contribution in [2.24, 2.45) is 0 Å². The van der Waals surface area contributed by atoms with Crippen molar-refractivity contribution < 1.29 is 18.0 Å². The van der Waals surface area contributed by atoms with Crippen molar-refractivity contribution in [2.45, 2.75) is 32.5 Å². The molecule has 1 amide bonds. The summed E-state index contributed by atoms with van der Waals surface area (Å²) < 4.78 is 37.2. The van der Waals surface area contributed by atoms with Crippen LogP contribution in [0.1, 0.15) is 36.7 Å². The van der Waals surface area contributed by atoms with Crippen LogP contribution in [0.15, 0.2) is 24.3 Å². The number of hydrogen-bond donors (Lipinski definition) is 3. The molecule has 0 atom stereocenters. The Hall–Kier alpha value is -1.83. The maximum atomic E-state index is 12.4. The molecule has 1 aromatic rings. The van der Waals surface area contributed by atoms with Gasteiger partial charge in [-0.2, -0.15) is 13.2 Å². The van der Waals surface area contributed by atoms with E-state index in [-0.39, 0.29) is 16.2 Å². The second-order valence-corrected chi connectivity index (χ2v) is 5.77. The molecule has 1 aromatic carbocycles. The monoisotopic (exact) mass is 319 g/mol. The highest BCUT2D eigenvalue weighted by Crippen LogP contribution is 2.28. The van der Waals surface area contributed by atoms with Gasteiger partial charge in [0.15, 0.2) is 5.11 Å². The van der Waals surface area contributed by atoms with Crippen LogP contribution in [0.25, 0.3) is 0 Å². The lowest BCUT2D eigenvalue weighted by Crippen LogP contribution is -2.52. The number of nitrogens with one attached hydrogen (secondary N) is 3. The van der Waals surface area contributed by atoms with Gasteiger partial charge in [0.1, 0.15) is 0 Å². The second kappa shape index (κ2) is 6.30. The number of carbonyl (C=O) groups excluding carboxylic acids is 1. The van der Waals surface area contributed by atoms with Crippen LogP contribution in [0, 0.1) is 0 Å². The Balaban J connectivity index is 2.59. The van der Waals surface area contributed by atoms with Crippen molar-refractivity contribution in [3.63, 3.8) is 0 Å². The molecule has 0 radical (unpaired) electrons. The molecule has 0 heterocycles. The summed E-state index contributed by atoms with van der Waals surface area (Å²) in [6.45, 7) is 5.66. The fourth-order valence-electron chi connectivity index (χ4n) is 1.37. The Morgan fingerprint density at radius 2 is 1.57 bits per heavy atom. The highest BCUT2D eigenvalue weighted by atomic mass is 32.1. The van der Waals surface area contributed by atoms with E-state index in [9.17, 15) is 18.0 Å². The smallest absolute Gasteiger partial charge is 0.357 e. The molecule has 0 aliphatic rings. The van der Waals surface area contributed by atoms with Crippen LogP contribution in [-0.2, 0) is 6.18 Å². The first kappa shape index (κ1) is 17.2. The van der Waals surface area contributed by atoms with E-state index in [0.29, 0.717) is 0 Å². The number of amides is 1. The molecule has 0 bridgehead atoms. The van der Waals surface area contributed by atoms with Crippen molar-refractivity contribution in [2.75, 3.05) is 0 Å². The maximum absolute atomic E-state index is 12.4. The van der Waals surface area contributed by atoms with Gasteiger partial charge < -0.3 is 5.32 Å². The van der Waals surface area contributed by atoms with Crippen LogP contribution >= 0.6 is 12.2 Å². The predicted octanol–water partition coefficient (Wildman–Crippen LogP) is 2.61. The Labute approximate surface area is 126 Å². The third-order valence-electron chi connectivity index (χ3n) is 2.25. The normalized spacial score (nSPS) is 11.7. The number of benzene rings is 1. The fourth-order valence-corrected chi connectivity index (χ4v) is 1.73. The van der Waals surface area contributed by atoms with Crippen molar-refractivity contribution in [1.29, 1.82) is 0 Å². The van der Waals surface area contributed by atoms with E-state index >= 15 is 0 Å². The molecule has 0 aromatic heterocycles. The molecule has 0 aliphatic heterocycles. The molecular weight excluding hydrogens is 303 g/mol. The van der Waals surface area contributed by atoms with E-state index in [1.165, 1.54) is 0 Å². The van der Waals surface area contributed by atoms with Gasteiger partial charge in [-0.25, -0.2) is 0 Å². The quantitative estimate of drug-likeness (QED) is 0.550. The molecule has 21 heavy (non-hydrogen) atoms. The van der Waals surface area contributed by atoms with Crippen LogP contribution in [0.5, 0.6) is 0 Å². The van der Waals surface area contributed by atoms with Gasteiger partial charge in [-0.1, -0.05) is 0 Å². The zero-order valence-electron chi connectivity index (χ0n) is 11.8. The highest BCUT2D eigenvalue weighted by molar-refractivity contribution is 7.80. The van der Waals surface area contributed by atoms with E-state index < -0.39 is 17.6 Å². The standard InChI is InChI=1S/C13H16F3N3OS/c1-12(2,3)17-11(21)19-18-10(20)8-4-6-9(7-5-8)13(14,15)16/h4-7H,1-3H3,(H,18,20)(H2,17,19,21). The summed E-state index contributed by atoms with van der Waals surface area (Å²) in [4.78, 5) is 11.7. The summed E-state index contributed by atoms with van der Waals surface area (Å²) in [5.41, 5.74) is 3.80. The first-order chi connectivity index (χ1) is 9.49. The van der Waals surface area contributed by atoms with E-state index in [2.05, 4.69) is 16.2 Å².